The summed E-state index contributed by atoms with van der Waals surface area (Å²) in [6.07, 6.45) is 0.652. The fourth-order valence-corrected chi connectivity index (χ4v) is 1.90. The first-order chi connectivity index (χ1) is 10.2. The Morgan fingerprint density at radius 2 is 1.95 bits per heavy atom. The third-order valence-electron chi connectivity index (χ3n) is 2.95. The molecule has 5 heteroatoms. The molecule has 2 rings (SSSR count). The topological polar surface area (TPSA) is 54.0 Å². The zero-order valence-corrected chi connectivity index (χ0v) is 11.9. The van der Waals surface area contributed by atoms with Crippen molar-refractivity contribution in [1.82, 2.24) is 10.3 Å². The number of hydrogen-bond acceptors (Lipinski definition) is 3. The van der Waals surface area contributed by atoms with Gasteiger partial charge in [-0.25, -0.2) is 9.37 Å². The molecular formula is C16H18FN3O. The molecule has 1 aromatic carbocycles. The summed E-state index contributed by atoms with van der Waals surface area (Å²) >= 11 is 0. The smallest absolute Gasteiger partial charge is 0.269 e. The molecule has 0 unspecified atom stereocenters. The van der Waals surface area contributed by atoms with Gasteiger partial charge in [0.15, 0.2) is 0 Å². The van der Waals surface area contributed by atoms with Gasteiger partial charge in [0.05, 0.1) is 0 Å². The lowest BCUT2D eigenvalue weighted by atomic mass is 10.1. The van der Waals surface area contributed by atoms with Crippen LogP contribution in [0.2, 0.25) is 0 Å². The summed E-state index contributed by atoms with van der Waals surface area (Å²) in [6.45, 7) is 3.21. The minimum atomic E-state index is -0.257. The van der Waals surface area contributed by atoms with Gasteiger partial charge in [-0.15, -0.1) is 0 Å². The largest absolute Gasteiger partial charge is 0.370 e. The van der Waals surface area contributed by atoms with Crippen LogP contribution < -0.4 is 10.6 Å². The van der Waals surface area contributed by atoms with Gasteiger partial charge in [-0.1, -0.05) is 18.2 Å². The first-order valence-electron chi connectivity index (χ1n) is 6.92. The quantitative estimate of drug-likeness (QED) is 0.858. The van der Waals surface area contributed by atoms with Crippen molar-refractivity contribution >= 4 is 11.7 Å². The number of rotatable bonds is 6. The number of benzene rings is 1. The summed E-state index contributed by atoms with van der Waals surface area (Å²) in [5.74, 6) is 0.216. The molecule has 0 aliphatic carbocycles. The Kier molecular flexibility index (Phi) is 5.26. The predicted octanol–water partition coefficient (Wildman–Crippen LogP) is 2.63. The van der Waals surface area contributed by atoms with Gasteiger partial charge in [0.25, 0.3) is 5.91 Å². The van der Waals surface area contributed by atoms with Crippen molar-refractivity contribution in [3.8, 4) is 0 Å². The minimum absolute atomic E-state index is 0.211. The molecule has 0 spiro atoms. The van der Waals surface area contributed by atoms with E-state index in [4.69, 9.17) is 0 Å². The van der Waals surface area contributed by atoms with Crippen LogP contribution in [0.25, 0.3) is 0 Å². The van der Waals surface area contributed by atoms with Crippen molar-refractivity contribution in [3.05, 3.63) is 59.5 Å². The number of hydrogen-bond donors (Lipinski definition) is 2. The third kappa shape index (κ3) is 4.56. The van der Waals surface area contributed by atoms with Crippen LogP contribution in [-0.2, 0) is 6.42 Å². The molecule has 0 aliphatic rings. The molecule has 0 bridgehead atoms. The molecule has 1 aromatic heterocycles. The van der Waals surface area contributed by atoms with Gasteiger partial charge < -0.3 is 10.6 Å². The Labute approximate surface area is 123 Å². The lowest BCUT2D eigenvalue weighted by molar-refractivity contribution is 0.0949. The Hall–Kier alpha value is -2.43. The van der Waals surface area contributed by atoms with Crippen molar-refractivity contribution < 1.29 is 9.18 Å². The van der Waals surface area contributed by atoms with Crippen molar-refractivity contribution in [2.75, 3.05) is 18.4 Å². The lowest BCUT2D eigenvalue weighted by Crippen LogP contribution is -2.26. The van der Waals surface area contributed by atoms with E-state index in [0.717, 1.165) is 12.1 Å². The summed E-state index contributed by atoms with van der Waals surface area (Å²) in [7, 11) is 0. The van der Waals surface area contributed by atoms with Crippen LogP contribution in [0.15, 0.2) is 42.5 Å². The molecule has 0 aliphatic heterocycles. The van der Waals surface area contributed by atoms with Gasteiger partial charge in [0.1, 0.15) is 17.3 Å². The Morgan fingerprint density at radius 3 is 2.67 bits per heavy atom. The minimum Gasteiger partial charge on any atom is -0.370 e. The molecule has 1 amide bonds. The maximum absolute atomic E-state index is 12.8. The maximum atomic E-state index is 12.8. The van der Waals surface area contributed by atoms with E-state index in [1.165, 1.54) is 12.1 Å². The predicted molar refractivity (Wildman–Crippen MR) is 80.8 cm³/mol. The Morgan fingerprint density at radius 1 is 1.19 bits per heavy atom. The molecule has 4 nitrogen and oxygen atoms in total. The normalized spacial score (nSPS) is 10.2. The Bertz CT molecular complexity index is 599. The van der Waals surface area contributed by atoms with Crippen LogP contribution in [-0.4, -0.2) is 24.0 Å². The van der Waals surface area contributed by atoms with Gasteiger partial charge in [-0.05, 0) is 43.2 Å². The van der Waals surface area contributed by atoms with E-state index in [9.17, 15) is 9.18 Å². The van der Waals surface area contributed by atoms with Crippen molar-refractivity contribution in [3.63, 3.8) is 0 Å². The fraction of sp³-hybridized carbons (Fsp3) is 0.250. The van der Waals surface area contributed by atoms with Crippen molar-refractivity contribution in [1.29, 1.82) is 0 Å². The molecule has 1 heterocycles. The van der Waals surface area contributed by atoms with Gasteiger partial charge >= 0.3 is 0 Å². The molecule has 0 saturated heterocycles. The van der Waals surface area contributed by atoms with Crippen molar-refractivity contribution in [2.45, 2.75) is 13.3 Å². The second-order valence-corrected chi connectivity index (χ2v) is 4.57. The zero-order chi connectivity index (χ0) is 15.1. The summed E-state index contributed by atoms with van der Waals surface area (Å²) < 4.78 is 12.8. The molecule has 0 atom stereocenters. The molecular weight excluding hydrogens is 269 g/mol. The lowest BCUT2D eigenvalue weighted by Gasteiger charge is -2.07. The van der Waals surface area contributed by atoms with E-state index in [1.54, 1.807) is 24.3 Å². The molecule has 21 heavy (non-hydrogen) atoms. The fourth-order valence-electron chi connectivity index (χ4n) is 1.90. The second-order valence-electron chi connectivity index (χ2n) is 4.57. The number of aromatic nitrogens is 1. The number of amides is 1. The van der Waals surface area contributed by atoms with E-state index >= 15 is 0 Å². The third-order valence-corrected chi connectivity index (χ3v) is 2.95. The molecule has 0 saturated carbocycles. The molecule has 2 aromatic rings. The molecule has 110 valence electrons. The Balaban J connectivity index is 1.86. The highest BCUT2D eigenvalue weighted by Crippen LogP contribution is 2.05. The van der Waals surface area contributed by atoms with Gasteiger partial charge in [-0.3, -0.25) is 4.79 Å². The van der Waals surface area contributed by atoms with Crippen molar-refractivity contribution in [2.24, 2.45) is 0 Å². The van der Waals surface area contributed by atoms with Crippen LogP contribution in [0, 0.1) is 5.82 Å². The summed E-state index contributed by atoms with van der Waals surface area (Å²) in [6, 6.07) is 11.5. The molecule has 0 radical (unpaired) electrons. The summed E-state index contributed by atoms with van der Waals surface area (Å²) in [4.78, 5) is 16.2. The summed E-state index contributed by atoms with van der Waals surface area (Å²) in [5.41, 5.74) is 1.36. The number of anilines is 1. The van der Waals surface area contributed by atoms with Crippen LogP contribution in [0.5, 0.6) is 0 Å². The highest BCUT2D eigenvalue weighted by molar-refractivity contribution is 5.92. The van der Waals surface area contributed by atoms with E-state index < -0.39 is 0 Å². The highest BCUT2D eigenvalue weighted by Gasteiger charge is 2.07. The summed E-state index contributed by atoms with van der Waals surface area (Å²) in [5, 5.41) is 5.87. The van der Waals surface area contributed by atoms with Crippen LogP contribution >= 0.6 is 0 Å². The molecule has 2 N–H and O–H groups in total. The average Bonchev–Trinajstić information content (AvgIpc) is 2.50. The van der Waals surface area contributed by atoms with Gasteiger partial charge in [-0.2, -0.15) is 0 Å². The average molecular weight is 287 g/mol. The van der Waals surface area contributed by atoms with Crippen LogP contribution in [0.3, 0.4) is 0 Å². The number of halogens is 1. The van der Waals surface area contributed by atoms with Gasteiger partial charge in [0.2, 0.25) is 0 Å². The highest BCUT2D eigenvalue weighted by atomic mass is 19.1. The number of carbonyl (C=O) groups excluding carboxylic acids is 1. The van der Waals surface area contributed by atoms with Gasteiger partial charge in [0, 0.05) is 13.1 Å². The second kappa shape index (κ2) is 7.38. The number of nitrogens with one attached hydrogen (secondary N) is 2. The molecule has 0 fully saturated rings. The van der Waals surface area contributed by atoms with Crippen LogP contribution in [0.1, 0.15) is 23.0 Å². The first kappa shape index (κ1) is 15.0. The van der Waals surface area contributed by atoms with E-state index in [2.05, 4.69) is 15.6 Å². The standard InChI is InChI=1S/C16H18FN3O/c1-2-18-15-5-3-4-14(20-15)16(21)19-11-10-12-6-8-13(17)9-7-12/h3-9H,2,10-11H2,1H3,(H,18,20)(H,19,21). The van der Waals surface area contributed by atoms with E-state index in [0.29, 0.717) is 24.5 Å². The number of carbonyl (C=O) groups is 1. The van der Waals surface area contributed by atoms with E-state index in [-0.39, 0.29) is 11.7 Å². The maximum Gasteiger partial charge on any atom is 0.269 e. The zero-order valence-electron chi connectivity index (χ0n) is 11.9. The van der Waals surface area contributed by atoms with E-state index in [1.807, 2.05) is 13.0 Å². The number of nitrogens with zero attached hydrogens (tertiary/aromatic N) is 1. The number of pyridine rings is 1. The SMILES string of the molecule is CCNc1cccc(C(=O)NCCc2ccc(F)cc2)n1. The first-order valence-corrected chi connectivity index (χ1v) is 6.92. The monoisotopic (exact) mass is 287 g/mol. The van der Waals surface area contributed by atoms with Crippen LogP contribution in [0.4, 0.5) is 10.2 Å².